The van der Waals surface area contributed by atoms with Crippen LogP contribution in [-0.2, 0) is 23.8 Å². The molecule has 0 aromatic heterocycles. The number of allylic oxidation sites excluding steroid dienone is 13. The molecule has 11 heteroatoms. The number of unbranched alkanes of at least 4 members (excludes halogenated alkanes) is 34. The van der Waals surface area contributed by atoms with Gasteiger partial charge in [0.2, 0.25) is 5.91 Å². The maximum Gasteiger partial charge on any atom is 0.306 e. The van der Waals surface area contributed by atoms with Crippen LogP contribution in [0.3, 0.4) is 0 Å². The summed E-state index contributed by atoms with van der Waals surface area (Å²) in [5.41, 5.74) is 0. The topological polar surface area (TPSA) is 175 Å². The van der Waals surface area contributed by atoms with Crippen LogP contribution < -0.4 is 5.32 Å². The molecule has 1 rings (SSSR count). The third-order valence-corrected chi connectivity index (χ3v) is 15.6. The highest BCUT2D eigenvalue weighted by atomic mass is 16.7. The zero-order valence-corrected chi connectivity index (χ0v) is 52.6. The Hall–Kier alpha value is -3.16. The van der Waals surface area contributed by atoms with Crippen LogP contribution in [0.5, 0.6) is 0 Å². The lowest BCUT2D eigenvalue weighted by atomic mass is 9.99. The van der Waals surface area contributed by atoms with Gasteiger partial charge in [-0.05, 0) is 77.0 Å². The number of aliphatic hydroxyl groups excluding tert-OH is 5. The second-order valence-corrected chi connectivity index (χ2v) is 23.3. The molecule has 11 nitrogen and oxygen atoms in total. The van der Waals surface area contributed by atoms with Crippen LogP contribution in [-0.4, -0.2) is 99.6 Å². The molecule has 0 radical (unpaired) electrons. The van der Waals surface area contributed by atoms with Gasteiger partial charge in [-0.3, -0.25) is 9.59 Å². The van der Waals surface area contributed by atoms with E-state index in [1.54, 1.807) is 6.08 Å². The SMILES string of the molecule is CC/C=C/C=C/C=C/C=C\CCCCCCC(O)C(=O)NC(COC1OC(CO)C(O)C(O)C1OC(=O)CCCCCCCCCCCCCCCCCCC/C=C\C/C=C\CCCCC)C(O)/C=C/CCCCCCCCCCCC. The maximum absolute atomic E-state index is 13.4. The number of hydrogen-bond donors (Lipinski definition) is 6. The van der Waals surface area contributed by atoms with E-state index in [2.05, 4.69) is 62.5 Å². The van der Waals surface area contributed by atoms with Crippen LogP contribution in [0.25, 0.3) is 0 Å². The van der Waals surface area contributed by atoms with Gasteiger partial charge in [0.1, 0.15) is 24.4 Å². The lowest BCUT2D eigenvalue weighted by Crippen LogP contribution is -2.61. The van der Waals surface area contributed by atoms with Gasteiger partial charge in [-0.2, -0.15) is 0 Å². The third kappa shape index (κ3) is 45.2. The number of amides is 1. The Morgan fingerprint density at radius 1 is 0.500 bits per heavy atom. The van der Waals surface area contributed by atoms with Crippen molar-refractivity contribution in [3.63, 3.8) is 0 Å². The van der Waals surface area contributed by atoms with Crippen molar-refractivity contribution in [3.8, 4) is 0 Å². The molecule has 1 aliphatic rings. The Bertz CT molecular complexity index is 1660. The number of esters is 1. The number of rotatable bonds is 57. The number of nitrogens with one attached hydrogen (secondary N) is 1. The number of ether oxygens (including phenoxy) is 3. The van der Waals surface area contributed by atoms with Crippen molar-refractivity contribution in [1.29, 1.82) is 0 Å². The van der Waals surface area contributed by atoms with E-state index >= 15 is 0 Å². The highest BCUT2D eigenvalue weighted by Gasteiger charge is 2.47. The summed E-state index contributed by atoms with van der Waals surface area (Å²) in [6.45, 7) is 5.62. The molecule has 82 heavy (non-hydrogen) atoms. The summed E-state index contributed by atoms with van der Waals surface area (Å²) in [5, 5.41) is 57.0. The van der Waals surface area contributed by atoms with Gasteiger partial charge in [0.25, 0.3) is 0 Å². The van der Waals surface area contributed by atoms with Crippen molar-refractivity contribution >= 4 is 11.9 Å². The predicted octanol–water partition coefficient (Wildman–Crippen LogP) is 16.9. The Kier molecular flexibility index (Phi) is 54.6. The van der Waals surface area contributed by atoms with E-state index in [0.717, 1.165) is 77.0 Å². The van der Waals surface area contributed by atoms with Gasteiger partial charge >= 0.3 is 5.97 Å². The summed E-state index contributed by atoms with van der Waals surface area (Å²) < 4.78 is 17.7. The molecule has 0 saturated carbocycles. The van der Waals surface area contributed by atoms with E-state index in [0.29, 0.717) is 12.8 Å². The number of carbonyl (C=O) groups excluding carboxylic acids is 2. The Labute approximate surface area is 502 Å². The van der Waals surface area contributed by atoms with Gasteiger partial charge in [0.05, 0.1) is 25.4 Å². The van der Waals surface area contributed by atoms with Crippen molar-refractivity contribution < 1.29 is 49.3 Å². The van der Waals surface area contributed by atoms with E-state index in [4.69, 9.17) is 14.2 Å². The van der Waals surface area contributed by atoms with Gasteiger partial charge in [0.15, 0.2) is 12.4 Å². The highest BCUT2D eigenvalue weighted by molar-refractivity contribution is 5.80. The Morgan fingerprint density at radius 3 is 1.44 bits per heavy atom. The van der Waals surface area contributed by atoms with Crippen molar-refractivity contribution in [1.82, 2.24) is 5.32 Å². The number of carbonyl (C=O) groups is 2. The molecule has 1 saturated heterocycles. The molecule has 0 aliphatic carbocycles. The molecule has 1 amide bonds. The fraction of sp³-hybridized carbons (Fsp3) is 0.775. The molecule has 1 heterocycles. The highest BCUT2D eigenvalue weighted by Crippen LogP contribution is 2.26. The standard InChI is InChI=1S/C71H125NO10/c1-4-7-10-13-16-19-22-25-27-28-29-30-31-32-33-34-35-36-37-38-39-41-44-47-50-53-56-59-66(76)82-69-68(78)67(77)65(60-73)81-71(69)80-61-62(63(74)57-54-51-48-45-42-24-21-18-15-12-9-6-3)72-70(79)64(75)58-55-52-49-46-43-40-26-23-20-17-14-11-8-5-2/h8,11,14,16-17,19-20,23,25-27,40,54,57,62-65,67-69,71,73-75,77-78H,4-7,9-10,12-13,15,18,21-22,24,28-39,41-53,55-56,58-61H2,1-3H3,(H,72,79)/b11-8+,17-14+,19-16-,23-20+,27-25-,40-26-,57-54+. The number of hydrogen-bond acceptors (Lipinski definition) is 10. The average molecular weight is 1150 g/mol. The van der Waals surface area contributed by atoms with E-state index < -0.39 is 67.4 Å². The van der Waals surface area contributed by atoms with Gasteiger partial charge in [-0.15, -0.1) is 0 Å². The molecule has 0 spiro atoms. The van der Waals surface area contributed by atoms with Crippen molar-refractivity contribution in [2.45, 2.75) is 339 Å². The largest absolute Gasteiger partial charge is 0.454 e. The minimum absolute atomic E-state index is 0.119. The summed E-state index contributed by atoms with van der Waals surface area (Å²) in [6.07, 6.45) is 66.3. The van der Waals surface area contributed by atoms with Crippen LogP contribution >= 0.6 is 0 Å². The minimum atomic E-state index is -1.62. The van der Waals surface area contributed by atoms with Crippen molar-refractivity contribution in [2.75, 3.05) is 13.2 Å². The summed E-state index contributed by atoms with van der Waals surface area (Å²) in [6, 6.07) is -1.04. The molecule has 0 aromatic rings. The van der Waals surface area contributed by atoms with Gasteiger partial charge in [-0.25, -0.2) is 0 Å². The van der Waals surface area contributed by atoms with Gasteiger partial charge in [0, 0.05) is 6.42 Å². The van der Waals surface area contributed by atoms with Crippen molar-refractivity contribution in [3.05, 3.63) is 85.1 Å². The molecule has 8 atom stereocenters. The first-order chi connectivity index (χ1) is 40.2. The molecule has 0 bridgehead atoms. The molecule has 1 fully saturated rings. The second-order valence-electron chi connectivity index (χ2n) is 23.3. The quantitative estimate of drug-likeness (QED) is 0.0149. The first-order valence-electron chi connectivity index (χ1n) is 33.9. The predicted molar refractivity (Wildman–Crippen MR) is 342 cm³/mol. The first-order valence-corrected chi connectivity index (χ1v) is 33.9. The first kappa shape index (κ1) is 76.9. The lowest BCUT2D eigenvalue weighted by molar-refractivity contribution is -0.305. The maximum atomic E-state index is 13.4. The van der Waals surface area contributed by atoms with Crippen LogP contribution in [0.4, 0.5) is 0 Å². The minimum Gasteiger partial charge on any atom is -0.454 e. The second kappa shape index (κ2) is 58.2. The Balaban J connectivity index is 2.55. The fourth-order valence-corrected chi connectivity index (χ4v) is 10.3. The fourth-order valence-electron chi connectivity index (χ4n) is 10.3. The third-order valence-electron chi connectivity index (χ3n) is 15.6. The Morgan fingerprint density at radius 2 is 0.927 bits per heavy atom. The van der Waals surface area contributed by atoms with E-state index in [1.165, 1.54) is 167 Å². The van der Waals surface area contributed by atoms with Crippen LogP contribution in [0.2, 0.25) is 0 Å². The van der Waals surface area contributed by atoms with E-state index in [-0.39, 0.29) is 19.4 Å². The van der Waals surface area contributed by atoms with E-state index in [1.807, 2.05) is 42.5 Å². The molecule has 8 unspecified atom stereocenters. The lowest BCUT2D eigenvalue weighted by Gasteiger charge is -2.41. The van der Waals surface area contributed by atoms with Crippen LogP contribution in [0.1, 0.15) is 290 Å². The molecule has 0 aromatic carbocycles. The van der Waals surface area contributed by atoms with Crippen LogP contribution in [0, 0.1) is 0 Å². The summed E-state index contributed by atoms with van der Waals surface area (Å²) in [7, 11) is 0. The smallest absolute Gasteiger partial charge is 0.306 e. The summed E-state index contributed by atoms with van der Waals surface area (Å²) >= 11 is 0. The zero-order chi connectivity index (χ0) is 59.6. The van der Waals surface area contributed by atoms with Gasteiger partial charge < -0.3 is 45.1 Å². The monoisotopic (exact) mass is 1150 g/mol. The van der Waals surface area contributed by atoms with Gasteiger partial charge in [-0.1, -0.05) is 292 Å². The average Bonchev–Trinajstić information content (AvgIpc) is 3.68. The van der Waals surface area contributed by atoms with E-state index in [9.17, 15) is 35.1 Å². The molecule has 1 aliphatic heterocycles. The zero-order valence-electron chi connectivity index (χ0n) is 52.6. The van der Waals surface area contributed by atoms with Crippen LogP contribution in [0.15, 0.2) is 85.1 Å². The summed E-state index contributed by atoms with van der Waals surface area (Å²) in [5.74, 6) is -1.22. The normalized spacial score (nSPS) is 19.1. The van der Waals surface area contributed by atoms with Crippen molar-refractivity contribution in [2.24, 2.45) is 0 Å². The summed E-state index contributed by atoms with van der Waals surface area (Å²) in [4.78, 5) is 26.6. The molecular weight excluding hydrogens is 1030 g/mol. The molecule has 6 N–H and O–H groups in total. The molecule has 474 valence electrons. The number of aliphatic hydroxyl groups is 5. The molecular formula is C71H125NO10.